The van der Waals surface area contributed by atoms with Crippen LogP contribution >= 0.6 is 35.1 Å². The summed E-state index contributed by atoms with van der Waals surface area (Å²) in [6.45, 7) is 2.81. The van der Waals surface area contributed by atoms with E-state index < -0.39 is 35.3 Å². The minimum absolute atomic E-state index is 0.00501. The van der Waals surface area contributed by atoms with Crippen LogP contribution < -0.4 is 11.1 Å². The molecule has 2 aliphatic rings. The van der Waals surface area contributed by atoms with Crippen LogP contribution in [0, 0.1) is 0 Å². The average Bonchev–Trinajstić information content (AvgIpc) is 3.51. The van der Waals surface area contributed by atoms with Crippen molar-refractivity contribution in [3.63, 3.8) is 0 Å². The standard InChI is InChI=1S/C32H35N7O5S3/c1-4-43-36-23(27-35-32(33)47-37-27)28(40)34-24-29(41)39-25(22(19-46-30(24)39)15-17-45-18-16-38(2)3)31(42)44-26(20-11-7-5-8-12-20)21-13-9-6-10-14-21/h5-15,17,24,26,30H,4,16,18-19H2,1-3H3,(H,34,40)(H2,33,35,37)/t24?,30-/m1/s1. The van der Waals surface area contributed by atoms with Crippen LogP contribution in [-0.4, -0.2) is 92.8 Å². The van der Waals surface area contributed by atoms with Gasteiger partial charge < -0.3 is 25.5 Å². The van der Waals surface area contributed by atoms with Crippen molar-refractivity contribution in [3.05, 3.63) is 100 Å². The van der Waals surface area contributed by atoms with Crippen molar-refractivity contribution in [2.24, 2.45) is 5.16 Å². The molecule has 2 atom stereocenters. The Labute approximate surface area is 285 Å². The van der Waals surface area contributed by atoms with Gasteiger partial charge in [-0.2, -0.15) is 9.36 Å². The van der Waals surface area contributed by atoms with Gasteiger partial charge in [0.1, 0.15) is 23.7 Å². The summed E-state index contributed by atoms with van der Waals surface area (Å²) in [5.41, 5.74) is 7.92. The molecule has 15 heteroatoms. The molecular weight excluding hydrogens is 659 g/mol. The van der Waals surface area contributed by atoms with Crippen LogP contribution in [0.15, 0.2) is 88.6 Å². The number of fused-ring (bicyclic) bond motifs is 1. The van der Waals surface area contributed by atoms with Crippen molar-refractivity contribution in [1.29, 1.82) is 0 Å². The second-order valence-corrected chi connectivity index (χ2v) is 13.5. The number of carbonyl (C=O) groups is 3. The second-order valence-electron chi connectivity index (χ2n) is 10.6. The molecule has 3 aromatic rings. The summed E-state index contributed by atoms with van der Waals surface area (Å²) in [5, 5.41) is 8.15. The molecule has 1 unspecified atom stereocenters. The summed E-state index contributed by atoms with van der Waals surface area (Å²) >= 11 is 3.96. The van der Waals surface area contributed by atoms with Crippen LogP contribution in [-0.2, 0) is 24.0 Å². The van der Waals surface area contributed by atoms with Gasteiger partial charge in [0.15, 0.2) is 11.2 Å². The summed E-state index contributed by atoms with van der Waals surface area (Å²) in [5.74, 6) is -0.510. The first-order chi connectivity index (χ1) is 22.8. The third-order valence-corrected chi connectivity index (χ3v) is 9.67. The number of aromatic nitrogens is 2. The van der Waals surface area contributed by atoms with Gasteiger partial charge in [-0.3, -0.25) is 14.5 Å². The topological polar surface area (TPSA) is 152 Å². The molecule has 3 heterocycles. The highest BCUT2D eigenvalue weighted by molar-refractivity contribution is 8.02. The maximum atomic E-state index is 14.1. The lowest BCUT2D eigenvalue weighted by atomic mass is 10.0. The Hall–Kier alpha value is -4.18. The van der Waals surface area contributed by atoms with E-state index in [0.717, 1.165) is 35.0 Å². The van der Waals surface area contributed by atoms with E-state index in [1.54, 1.807) is 18.7 Å². The molecule has 0 radical (unpaired) electrons. The lowest BCUT2D eigenvalue weighted by Crippen LogP contribution is -2.71. The number of rotatable bonds is 14. The highest BCUT2D eigenvalue weighted by Crippen LogP contribution is 2.42. The van der Waals surface area contributed by atoms with Gasteiger partial charge in [-0.15, -0.1) is 23.5 Å². The van der Waals surface area contributed by atoms with Gasteiger partial charge in [0.25, 0.3) is 11.8 Å². The summed E-state index contributed by atoms with van der Waals surface area (Å²) in [6.07, 6.45) is 1.16. The highest BCUT2D eigenvalue weighted by atomic mass is 32.2. The van der Waals surface area contributed by atoms with E-state index in [1.807, 2.05) is 86.2 Å². The Bertz CT molecular complexity index is 1620. The molecule has 12 nitrogen and oxygen atoms in total. The molecule has 5 rings (SSSR count). The molecular formula is C32H35N7O5S3. The first-order valence-corrected chi connectivity index (χ1v) is 17.7. The van der Waals surface area contributed by atoms with E-state index in [-0.39, 0.29) is 29.0 Å². The van der Waals surface area contributed by atoms with Gasteiger partial charge in [0, 0.05) is 29.6 Å². The van der Waals surface area contributed by atoms with Crippen molar-refractivity contribution in [1.82, 2.24) is 24.5 Å². The average molecular weight is 694 g/mol. The lowest BCUT2D eigenvalue weighted by Gasteiger charge is -2.49. The van der Waals surface area contributed by atoms with Gasteiger partial charge in [0.2, 0.25) is 11.5 Å². The minimum atomic E-state index is -0.933. The molecule has 3 N–H and O–H groups in total. The van der Waals surface area contributed by atoms with Crippen LogP contribution in [0.5, 0.6) is 0 Å². The van der Waals surface area contributed by atoms with E-state index in [2.05, 4.69) is 24.7 Å². The van der Waals surface area contributed by atoms with Crippen LogP contribution in [0.1, 0.15) is 30.0 Å². The van der Waals surface area contributed by atoms with Crippen LogP contribution in [0.3, 0.4) is 0 Å². The molecule has 0 aliphatic carbocycles. The first-order valence-electron chi connectivity index (χ1n) is 14.8. The zero-order valence-corrected chi connectivity index (χ0v) is 28.5. The number of allylic oxidation sites excluding steroid dienone is 1. The number of anilines is 1. The van der Waals surface area contributed by atoms with Crippen LogP contribution in [0.2, 0.25) is 0 Å². The number of oxime groups is 1. The Kier molecular flexibility index (Phi) is 11.7. The third kappa shape index (κ3) is 8.22. The molecule has 47 heavy (non-hydrogen) atoms. The van der Waals surface area contributed by atoms with Crippen molar-refractivity contribution < 1.29 is 24.0 Å². The first kappa shape index (κ1) is 34.2. The Morgan fingerprint density at radius 3 is 2.45 bits per heavy atom. The molecule has 246 valence electrons. The highest BCUT2D eigenvalue weighted by Gasteiger charge is 2.54. The van der Waals surface area contributed by atoms with Crippen LogP contribution in [0.4, 0.5) is 5.13 Å². The van der Waals surface area contributed by atoms with Crippen molar-refractivity contribution >= 4 is 63.7 Å². The molecule has 2 aromatic carbocycles. The number of hydrogen-bond acceptors (Lipinski definition) is 13. The largest absolute Gasteiger partial charge is 0.448 e. The quantitative estimate of drug-likeness (QED) is 0.0837. The van der Waals surface area contributed by atoms with E-state index in [1.165, 1.54) is 16.7 Å². The molecule has 2 amide bonds. The molecule has 0 bridgehead atoms. The number of ether oxygens (including phenoxy) is 1. The summed E-state index contributed by atoms with van der Waals surface area (Å²) in [4.78, 5) is 53.9. The number of hydrogen-bond donors (Lipinski definition) is 2. The number of benzene rings is 2. The fraction of sp³-hybridized carbons (Fsp3) is 0.312. The van der Waals surface area contributed by atoms with E-state index in [9.17, 15) is 14.4 Å². The maximum absolute atomic E-state index is 14.1. The van der Waals surface area contributed by atoms with Gasteiger partial charge in [-0.1, -0.05) is 65.8 Å². The summed E-state index contributed by atoms with van der Waals surface area (Å²) < 4.78 is 10.3. The normalized spacial score (nSPS) is 18.0. The fourth-order valence-corrected chi connectivity index (χ4v) is 7.41. The third-order valence-electron chi connectivity index (χ3n) is 7.08. The smallest absolute Gasteiger partial charge is 0.356 e. The number of nitrogens with two attached hydrogens (primary N) is 1. The predicted molar refractivity (Wildman–Crippen MR) is 186 cm³/mol. The lowest BCUT2D eigenvalue weighted by molar-refractivity contribution is -0.154. The Morgan fingerprint density at radius 2 is 1.85 bits per heavy atom. The molecule has 0 spiro atoms. The van der Waals surface area contributed by atoms with Crippen molar-refractivity contribution in [3.8, 4) is 0 Å². The van der Waals surface area contributed by atoms with E-state index in [4.69, 9.17) is 15.3 Å². The predicted octanol–water partition coefficient (Wildman–Crippen LogP) is 3.66. The number of nitrogens with zero attached hydrogens (tertiary/aromatic N) is 5. The second kappa shape index (κ2) is 16.1. The molecule has 1 saturated heterocycles. The Morgan fingerprint density at radius 1 is 1.17 bits per heavy atom. The SMILES string of the molecule is CCON=C(C(=O)NC1C(=O)N2C(C(=O)OC(c3ccccc3)c3ccccc3)=C(C=CSCCN(C)C)CS[C@H]12)c1nsc(N)n1. The molecule has 0 saturated carbocycles. The fourth-order valence-electron chi connectivity index (χ4n) is 4.79. The van der Waals surface area contributed by atoms with Gasteiger partial charge >= 0.3 is 5.97 Å². The Balaban J connectivity index is 1.41. The zero-order chi connectivity index (χ0) is 33.3. The zero-order valence-electron chi connectivity index (χ0n) is 26.1. The van der Waals surface area contributed by atoms with E-state index in [0.29, 0.717) is 11.3 Å². The van der Waals surface area contributed by atoms with Crippen molar-refractivity contribution in [2.75, 3.05) is 44.5 Å². The van der Waals surface area contributed by atoms with E-state index >= 15 is 0 Å². The number of esters is 1. The number of nitrogens with one attached hydrogen (secondary N) is 1. The summed E-state index contributed by atoms with van der Waals surface area (Å²) in [7, 11) is 4.02. The van der Waals surface area contributed by atoms with Gasteiger partial charge in [-0.25, -0.2) is 4.79 Å². The number of amides is 2. The van der Waals surface area contributed by atoms with Gasteiger partial charge in [0.05, 0.1) is 0 Å². The maximum Gasteiger partial charge on any atom is 0.356 e. The minimum Gasteiger partial charge on any atom is -0.448 e. The number of nitrogen functional groups attached to an aromatic ring is 1. The summed E-state index contributed by atoms with van der Waals surface area (Å²) in [6, 6.07) is 18.0. The number of carbonyl (C=O) groups excluding carboxylic acids is 3. The molecule has 1 fully saturated rings. The van der Waals surface area contributed by atoms with Gasteiger partial charge in [-0.05, 0) is 49.2 Å². The number of thioether (sulfide) groups is 2. The van der Waals surface area contributed by atoms with Crippen LogP contribution in [0.25, 0.3) is 0 Å². The monoisotopic (exact) mass is 693 g/mol. The molecule has 1 aromatic heterocycles. The number of β-lactam (4-membered cyclic amide) rings is 1. The van der Waals surface area contributed by atoms with Crippen molar-refractivity contribution in [2.45, 2.75) is 24.4 Å². The molecule has 2 aliphatic heterocycles.